The van der Waals surface area contributed by atoms with E-state index in [-0.39, 0.29) is 11.0 Å². The molecule has 2 aliphatic rings. The summed E-state index contributed by atoms with van der Waals surface area (Å²) in [6.07, 6.45) is 3.22. The highest BCUT2D eigenvalue weighted by Gasteiger charge is 2.34. The van der Waals surface area contributed by atoms with Crippen LogP contribution in [0.3, 0.4) is 0 Å². The van der Waals surface area contributed by atoms with Crippen molar-refractivity contribution in [3.8, 4) is 5.75 Å². The maximum absolute atomic E-state index is 12.7. The largest absolute Gasteiger partial charge is 0.495 e. The topological polar surface area (TPSA) is 55.8 Å². The molecule has 1 saturated carbocycles. The number of hydrogen-bond acceptors (Lipinski definition) is 4. The Morgan fingerprint density at radius 2 is 2.09 bits per heavy atom. The predicted molar refractivity (Wildman–Crippen MR) is 83.8 cm³/mol. The SMILES string of the molecule is COc1ccc(S(=O)(=O)N2CCC(OCC3CC3)C2)cc1Cl. The van der Waals surface area contributed by atoms with Crippen LogP contribution in [0.4, 0.5) is 0 Å². The van der Waals surface area contributed by atoms with Crippen molar-refractivity contribution in [2.75, 3.05) is 26.8 Å². The van der Waals surface area contributed by atoms with Crippen LogP contribution < -0.4 is 4.74 Å². The second-order valence-corrected chi connectivity index (χ2v) is 8.19. The van der Waals surface area contributed by atoms with Crippen molar-refractivity contribution >= 4 is 21.6 Å². The molecule has 1 unspecified atom stereocenters. The van der Waals surface area contributed by atoms with Crippen LogP contribution in [-0.4, -0.2) is 45.6 Å². The zero-order chi connectivity index (χ0) is 15.7. The molecule has 1 atom stereocenters. The predicted octanol–water partition coefficient (Wildman–Crippen LogP) is 2.54. The quantitative estimate of drug-likeness (QED) is 0.795. The first-order chi connectivity index (χ1) is 10.5. The number of benzene rings is 1. The third-order valence-corrected chi connectivity index (χ3v) is 6.29. The van der Waals surface area contributed by atoms with E-state index >= 15 is 0 Å². The van der Waals surface area contributed by atoms with E-state index in [0.29, 0.717) is 29.8 Å². The number of ether oxygens (including phenoxy) is 2. The lowest BCUT2D eigenvalue weighted by molar-refractivity contribution is 0.0561. The van der Waals surface area contributed by atoms with Crippen LogP contribution in [0.2, 0.25) is 5.02 Å². The number of methoxy groups -OCH3 is 1. The summed E-state index contributed by atoms with van der Waals surface area (Å²) in [5.41, 5.74) is 0. The molecule has 1 aliphatic heterocycles. The van der Waals surface area contributed by atoms with Crippen LogP contribution in [0.1, 0.15) is 19.3 Å². The Hall–Kier alpha value is -0.820. The summed E-state index contributed by atoms with van der Waals surface area (Å²) in [5, 5.41) is 0.296. The van der Waals surface area contributed by atoms with E-state index < -0.39 is 10.0 Å². The van der Waals surface area contributed by atoms with Crippen LogP contribution in [0.5, 0.6) is 5.75 Å². The summed E-state index contributed by atoms with van der Waals surface area (Å²) in [7, 11) is -2.03. The number of halogens is 1. The molecule has 0 amide bonds. The van der Waals surface area contributed by atoms with Gasteiger partial charge in [-0.25, -0.2) is 8.42 Å². The maximum atomic E-state index is 12.7. The van der Waals surface area contributed by atoms with Crippen LogP contribution in [0, 0.1) is 5.92 Å². The van der Waals surface area contributed by atoms with Crippen molar-refractivity contribution < 1.29 is 17.9 Å². The highest BCUT2D eigenvalue weighted by atomic mass is 35.5. The standard InChI is InChI=1S/C15H20ClNO4S/c1-20-15-5-4-13(8-14(15)16)22(18,19)17-7-6-12(9-17)21-10-11-2-3-11/h4-5,8,11-12H,2-3,6-7,9-10H2,1H3. The van der Waals surface area contributed by atoms with E-state index in [0.717, 1.165) is 13.0 Å². The van der Waals surface area contributed by atoms with Gasteiger partial charge in [0.15, 0.2) is 0 Å². The van der Waals surface area contributed by atoms with Gasteiger partial charge in [-0.05, 0) is 43.4 Å². The lowest BCUT2D eigenvalue weighted by Gasteiger charge is -2.17. The average molecular weight is 346 g/mol. The smallest absolute Gasteiger partial charge is 0.243 e. The van der Waals surface area contributed by atoms with Crippen molar-refractivity contribution in [2.45, 2.75) is 30.3 Å². The molecule has 7 heteroatoms. The first kappa shape index (κ1) is 16.1. The van der Waals surface area contributed by atoms with Crippen molar-refractivity contribution in [3.05, 3.63) is 23.2 Å². The highest BCUT2D eigenvalue weighted by molar-refractivity contribution is 7.89. The fraction of sp³-hybridized carbons (Fsp3) is 0.600. The molecule has 0 N–H and O–H groups in total. The van der Waals surface area contributed by atoms with E-state index in [2.05, 4.69) is 0 Å². The lowest BCUT2D eigenvalue weighted by Crippen LogP contribution is -2.30. The van der Waals surface area contributed by atoms with Crippen molar-refractivity contribution in [1.82, 2.24) is 4.31 Å². The molecule has 1 aliphatic carbocycles. The molecule has 1 aromatic rings. The van der Waals surface area contributed by atoms with Gasteiger partial charge in [-0.1, -0.05) is 11.6 Å². The number of hydrogen-bond donors (Lipinski definition) is 0. The van der Waals surface area contributed by atoms with Gasteiger partial charge in [-0.15, -0.1) is 0 Å². The second kappa shape index (κ2) is 6.35. The molecule has 1 heterocycles. The highest BCUT2D eigenvalue weighted by Crippen LogP contribution is 2.32. The van der Waals surface area contributed by atoms with E-state index in [1.165, 1.54) is 36.4 Å². The number of sulfonamides is 1. The Balaban J connectivity index is 1.68. The third kappa shape index (κ3) is 3.40. The average Bonchev–Trinajstić information content (AvgIpc) is 3.20. The Morgan fingerprint density at radius 3 is 2.73 bits per heavy atom. The molecular weight excluding hydrogens is 326 g/mol. The van der Waals surface area contributed by atoms with E-state index in [9.17, 15) is 8.42 Å². The zero-order valence-corrected chi connectivity index (χ0v) is 14.1. The monoisotopic (exact) mass is 345 g/mol. The van der Waals surface area contributed by atoms with Gasteiger partial charge in [-0.2, -0.15) is 4.31 Å². The summed E-state index contributed by atoms with van der Waals surface area (Å²) in [6, 6.07) is 4.54. The summed E-state index contributed by atoms with van der Waals surface area (Å²) in [6.45, 7) is 1.66. The summed E-state index contributed by atoms with van der Waals surface area (Å²) < 4.78 is 37.6. The molecule has 5 nitrogen and oxygen atoms in total. The Labute approximate surface area is 136 Å². The second-order valence-electron chi connectivity index (χ2n) is 5.85. The van der Waals surface area contributed by atoms with Crippen molar-refractivity contribution in [2.24, 2.45) is 5.92 Å². The molecule has 0 radical (unpaired) electrons. The zero-order valence-electron chi connectivity index (χ0n) is 12.5. The van der Waals surface area contributed by atoms with Crippen molar-refractivity contribution in [3.63, 3.8) is 0 Å². The fourth-order valence-electron chi connectivity index (χ4n) is 2.57. The minimum absolute atomic E-state index is 0.00379. The molecule has 3 rings (SSSR count). The van der Waals surface area contributed by atoms with Gasteiger partial charge >= 0.3 is 0 Å². The Bertz CT molecular complexity index is 645. The van der Waals surface area contributed by atoms with Crippen LogP contribution in [0.25, 0.3) is 0 Å². The maximum Gasteiger partial charge on any atom is 0.243 e. The van der Waals surface area contributed by atoms with Crippen molar-refractivity contribution in [1.29, 1.82) is 0 Å². The van der Waals surface area contributed by atoms with E-state index in [4.69, 9.17) is 21.1 Å². The molecule has 0 bridgehead atoms. The normalized spacial score (nSPS) is 22.9. The molecule has 1 aromatic carbocycles. The molecule has 0 spiro atoms. The van der Waals surface area contributed by atoms with Gasteiger partial charge in [0, 0.05) is 19.7 Å². The minimum atomic E-state index is -3.53. The van der Waals surface area contributed by atoms with Gasteiger partial charge in [0.25, 0.3) is 0 Å². The Kier molecular flexibility index (Phi) is 4.64. The lowest BCUT2D eigenvalue weighted by atomic mass is 10.3. The third-order valence-electron chi connectivity index (χ3n) is 4.13. The van der Waals surface area contributed by atoms with Crippen LogP contribution >= 0.6 is 11.6 Å². The first-order valence-electron chi connectivity index (χ1n) is 7.46. The fourth-order valence-corrected chi connectivity index (χ4v) is 4.40. The van der Waals surface area contributed by atoms with E-state index in [1.807, 2.05) is 0 Å². The van der Waals surface area contributed by atoms with Gasteiger partial charge in [-0.3, -0.25) is 0 Å². The van der Waals surface area contributed by atoms with Crippen LogP contribution in [0.15, 0.2) is 23.1 Å². The molecule has 2 fully saturated rings. The summed E-state index contributed by atoms with van der Waals surface area (Å²) in [4.78, 5) is 0.196. The first-order valence-corrected chi connectivity index (χ1v) is 9.28. The van der Waals surface area contributed by atoms with Gasteiger partial charge < -0.3 is 9.47 Å². The summed E-state index contributed by atoms with van der Waals surface area (Å²) in [5.74, 6) is 1.15. The van der Waals surface area contributed by atoms with Gasteiger partial charge in [0.1, 0.15) is 5.75 Å². The van der Waals surface area contributed by atoms with Crippen LogP contribution in [-0.2, 0) is 14.8 Å². The Morgan fingerprint density at radius 1 is 1.32 bits per heavy atom. The van der Waals surface area contributed by atoms with Gasteiger partial charge in [0.05, 0.1) is 23.1 Å². The molecule has 22 heavy (non-hydrogen) atoms. The number of rotatable bonds is 6. The molecule has 1 saturated heterocycles. The number of nitrogens with zero attached hydrogens (tertiary/aromatic N) is 1. The molecule has 122 valence electrons. The minimum Gasteiger partial charge on any atom is -0.495 e. The molecule has 0 aromatic heterocycles. The summed E-state index contributed by atoms with van der Waals surface area (Å²) >= 11 is 6.03. The molecular formula is C15H20ClNO4S. The van der Waals surface area contributed by atoms with E-state index in [1.54, 1.807) is 6.07 Å². The van der Waals surface area contributed by atoms with Gasteiger partial charge in [0.2, 0.25) is 10.0 Å².